The van der Waals surface area contributed by atoms with E-state index in [9.17, 15) is 9.59 Å². The Morgan fingerprint density at radius 2 is 1.31 bits per heavy atom. The molecule has 0 saturated heterocycles. The van der Waals surface area contributed by atoms with Gasteiger partial charge in [0.25, 0.3) is 0 Å². The second kappa shape index (κ2) is 17.8. The summed E-state index contributed by atoms with van der Waals surface area (Å²) in [4.78, 5) is 28.8. The molecular formula is C51H51F3N2O4S. The highest BCUT2D eigenvalue weighted by atomic mass is 32.2. The normalized spacial score (nSPS) is 16.1. The van der Waals surface area contributed by atoms with Crippen LogP contribution in [0.2, 0.25) is 0 Å². The van der Waals surface area contributed by atoms with Gasteiger partial charge in [-0.15, -0.1) is 11.8 Å². The first kappa shape index (κ1) is 43.5. The number of aromatic nitrogens is 1. The minimum atomic E-state index is -1.76. The van der Waals surface area contributed by atoms with Gasteiger partial charge in [0.2, 0.25) is 0 Å². The standard InChI is InChI=1S/C51H51F3N2O4S/c1-34-30-40-39-24-16-17-25-43(39)56(46(40)47(55(34)33-50(5,6)54)45-41(52)31-35(32-42(45)53)26-27-44(57)60-49(2,3)4)48(58)59-28-29-61-51(36-18-10-7-11-19-36,37-20-12-8-13-21-37)38-22-14-9-15-23-38/h7-27,31-32,34,47H,28-30,33H2,1-6H3/b27-26+/t34-,47-/m1/s1. The highest BCUT2D eigenvalue weighted by molar-refractivity contribution is 8.00. The van der Waals surface area contributed by atoms with E-state index in [4.69, 9.17) is 9.47 Å². The van der Waals surface area contributed by atoms with Crippen molar-refractivity contribution in [1.82, 2.24) is 9.47 Å². The summed E-state index contributed by atoms with van der Waals surface area (Å²) in [7, 11) is 0. The molecule has 6 aromatic rings. The molecule has 0 aliphatic carbocycles. The smallest absolute Gasteiger partial charge is 0.418 e. The molecule has 0 saturated carbocycles. The lowest BCUT2D eigenvalue weighted by Crippen LogP contribution is -2.49. The Kier molecular flexibility index (Phi) is 12.7. The number of halogens is 3. The van der Waals surface area contributed by atoms with Crippen molar-refractivity contribution in [3.05, 3.63) is 184 Å². The number of thioether (sulfide) groups is 1. The fraction of sp³-hybridized carbons (Fsp3) is 0.294. The number of carbonyl (C=O) groups excluding carboxylic acids is 2. The Hall–Kier alpha value is -5.58. The van der Waals surface area contributed by atoms with Gasteiger partial charge in [0.05, 0.1) is 22.0 Å². The molecule has 0 radical (unpaired) electrons. The maximum Gasteiger partial charge on any atom is 0.418 e. The summed E-state index contributed by atoms with van der Waals surface area (Å²) in [5.74, 6) is -2.07. The van der Waals surface area contributed by atoms with E-state index in [0.717, 1.165) is 45.8 Å². The second-order valence-corrected chi connectivity index (χ2v) is 18.4. The van der Waals surface area contributed by atoms with Gasteiger partial charge in [-0.3, -0.25) is 4.90 Å². The summed E-state index contributed by atoms with van der Waals surface area (Å²) in [6.07, 6.45) is 2.09. The predicted octanol–water partition coefficient (Wildman–Crippen LogP) is 12.1. The summed E-state index contributed by atoms with van der Waals surface area (Å²) >= 11 is 1.65. The number of hydrogen-bond donors (Lipinski definition) is 0. The van der Waals surface area contributed by atoms with E-state index in [1.807, 2.05) is 73.7 Å². The topological polar surface area (TPSA) is 60.8 Å². The van der Waals surface area contributed by atoms with Gasteiger partial charge in [0, 0.05) is 35.4 Å². The Morgan fingerprint density at radius 3 is 1.84 bits per heavy atom. The van der Waals surface area contributed by atoms with Crippen LogP contribution in [0.1, 0.15) is 86.7 Å². The third-order valence-electron chi connectivity index (χ3n) is 10.8. The summed E-state index contributed by atoms with van der Waals surface area (Å²) < 4.78 is 61.3. The molecule has 10 heteroatoms. The third kappa shape index (κ3) is 9.36. The Labute approximate surface area is 360 Å². The minimum absolute atomic E-state index is 0.0166. The van der Waals surface area contributed by atoms with Gasteiger partial charge in [0.1, 0.15) is 29.5 Å². The largest absolute Gasteiger partial charge is 0.457 e. The fourth-order valence-corrected chi connectivity index (χ4v) is 9.83. The molecule has 0 unspecified atom stereocenters. The lowest BCUT2D eigenvalue weighted by Gasteiger charge is -2.43. The first-order chi connectivity index (χ1) is 29.1. The van der Waals surface area contributed by atoms with Crippen molar-refractivity contribution in [3.8, 4) is 0 Å². The Morgan fingerprint density at radius 1 is 0.787 bits per heavy atom. The molecule has 6 nitrogen and oxygen atoms in total. The van der Waals surface area contributed by atoms with Crippen LogP contribution >= 0.6 is 11.8 Å². The average molecular weight is 845 g/mol. The first-order valence-electron chi connectivity index (χ1n) is 20.5. The molecule has 0 bridgehead atoms. The van der Waals surface area contributed by atoms with Crippen molar-refractivity contribution < 1.29 is 32.2 Å². The molecule has 0 spiro atoms. The van der Waals surface area contributed by atoms with Gasteiger partial charge >= 0.3 is 12.1 Å². The molecule has 2 atom stereocenters. The van der Waals surface area contributed by atoms with Crippen LogP contribution in [0, 0.1) is 11.6 Å². The zero-order valence-corrected chi connectivity index (χ0v) is 36.1. The van der Waals surface area contributed by atoms with Gasteiger partial charge in [-0.05, 0) is 100 Å². The molecule has 7 rings (SSSR count). The van der Waals surface area contributed by atoms with Crippen molar-refractivity contribution in [3.63, 3.8) is 0 Å². The van der Waals surface area contributed by atoms with Crippen LogP contribution in [0.3, 0.4) is 0 Å². The number of rotatable bonds is 12. The number of alkyl halides is 1. The molecule has 1 aliphatic heterocycles. The molecule has 2 heterocycles. The van der Waals surface area contributed by atoms with E-state index in [-0.39, 0.29) is 30.3 Å². The zero-order chi connectivity index (χ0) is 43.5. The number of fused-ring (bicyclic) bond motifs is 3. The van der Waals surface area contributed by atoms with Crippen molar-refractivity contribution >= 4 is 40.8 Å². The van der Waals surface area contributed by atoms with Crippen LogP contribution < -0.4 is 0 Å². The molecule has 1 aliphatic rings. The van der Waals surface area contributed by atoms with Crippen LogP contribution in [0.4, 0.5) is 18.0 Å². The Balaban J connectivity index is 1.27. The van der Waals surface area contributed by atoms with Crippen LogP contribution in [0.25, 0.3) is 17.0 Å². The van der Waals surface area contributed by atoms with Gasteiger partial charge in [0.15, 0.2) is 0 Å². The second-order valence-electron chi connectivity index (χ2n) is 17.1. The molecule has 0 N–H and O–H groups in total. The maximum absolute atomic E-state index is 16.6. The summed E-state index contributed by atoms with van der Waals surface area (Å²) in [6, 6.07) is 38.7. The number of benzene rings is 5. The van der Waals surface area contributed by atoms with Crippen molar-refractivity contribution in [2.45, 2.75) is 76.1 Å². The van der Waals surface area contributed by atoms with Gasteiger partial charge < -0.3 is 9.47 Å². The van der Waals surface area contributed by atoms with Crippen LogP contribution in [0.5, 0.6) is 0 Å². The van der Waals surface area contributed by atoms with E-state index in [1.165, 1.54) is 24.5 Å². The van der Waals surface area contributed by atoms with Gasteiger partial charge in [-0.1, -0.05) is 109 Å². The van der Waals surface area contributed by atoms with E-state index >= 15 is 13.2 Å². The van der Waals surface area contributed by atoms with Crippen LogP contribution in [-0.2, 0) is 25.4 Å². The highest BCUT2D eigenvalue weighted by Crippen LogP contribution is 2.49. The van der Waals surface area contributed by atoms with Crippen molar-refractivity contribution in [2.75, 3.05) is 18.9 Å². The SMILES string of the molecule is C[C@@H]1Cc2c(n(C(=O)OCCSC(c3ccccc3)(c3ccccc3)c3ccccc3)c3ccccc23)[C@@H](c2c(F)cc(/C=C/C(=O)OC(C)(C)C)cc2F)N1CC(C)(C)F. The van der Waals surface area contributed by atoms with E-state index in [2.05, 4.69) is 36.4 Å². The maximum atomic E-state index is 16.6. The number of para-hydroxylation sites is 1. The number of nitrogens with zero attached hydrogens (tertiary/aromatic N) is 2. The van der Waals surface area contributed by atoms with Crippen LogP contribution in [-0.4, -0.2) is 57.7 Å². The summed E-state index contributed by atoms with van der Waals surface area (Å²) in [6.45, 7) is 9.75. The molecule has 0 amide bonds. The van der Waals surface area contributed by atoms with E-state index in [0.29, 0.717) is 23.4 Å². The van der Waals surface area contributed by atoms with Crippen molar-refractivity contribution in [1.29, 1.82) is 0 Å². The average Bonchev–Trinajstić information content (AvgIpc) is 3.54. The molecular weight excluding hydrogens is 794 g/mol. The molecule has 316 valence electrons. The zero-order valence-electron chi connectivity index (χ0n) is 35.3. The van der Waals surface area contributed by atoms with Gasteiger partial charge in [-0.2, -0.15) is 0 Å². The predicted molar refractivity (Wildman–Crippen MR) is 238 cm³/mol. The fourth-order valence-electron chi connectivity index (χ4n) is 8.45. The highest BCUT2D eigenvalue weighted by Gasteiger charge is 2.44. The van der Waals surface area contributed by atoms with Gasteiger partial charge in [-0.25, -0.2) is 27.3 Å². The molecule has 0 fully saturated rings. The number of ether oxygens (including phenoxy) is 2. The quantitative estimate of drug-likeness (QED) is 0.0529. The number of esters is 1. The lowest BCUT2D eigenvalue weighted by atomic mass is 9.84. The number of carbonyl (C=O) groups is 2. The lowest BCUT2D eigenvalue weighted by molar-refractivity contribution is -0.148. The number of hydrogen-bond acceptors (Lipinski definition) is 6. The monoisotopic (exact) mass is 844 g/mol. The summed E-state index contributed by atoms with van der Waals surface area (Å²) in [5, 5.41) is 0.744. The molecule has 5 aromatic carbocycles. The summed E-state index contributed by atoms with van der Waals surface area (Å²) in [5.41, 5.74) is 2.03. The van der Waals surface area contributed by atoms with Crippen LogP contribution in [0.15, 0.2) is 133 Å². The Bertz CT molecular complexity index is 2410. The van der Waals surface area contributed by atoms with E-state index < -0.39 is 45.8 Å². The molecule has 1 aromatic heterocycles. The third-order valence-corrected chi connectivity index (χ3v) is 12.3. The van der Waals surface area contributed by atoms with Crippen molar-refractivity contribution in [2.24, 2.45) is 0 Å². The minimum Gasteiger partial charge on any atom is -0.457 e. The van der Waals surface area contributed by atoms with E-state index in [1.54, 1.807) is 49.6 Å². The molecule has 61 heavy (non-hydrogen) atoms. The first-order valence-corrected chi connectivity index (χ1v) is 21.5.